The molecule has 1 aromatic carbocycles. The zero-order valence-electron chi connectivity index (χ0n) is 17.4. The van der Waals surface area contributed by atoms with Gasteiger partial charge in [0.25, 0.3) is 11.8 Å². The first-order chi connectivity index (χ1) is 14.6. The molecule has 0 bridgehead atoms. The highest BCUT2D eigenvalue weighted by molar-refractivity contribution is 7.92. The number of carbonyl (C=O) groups excluding carboxylic acids is 2. The Labute approximate surface area is 180 Å². The van der Waals surface area contributed by atoms with E-state index in [4.69, 9.17) is 5.26 Å². The van der Waals surface area contributed by atoms with Crippen LogP contribution < -0.4 is 5.32 Å². The van der Waals surface area contributed by atoms with Crippen molar-refractivity contribution in [1.82, 2.24) is 20.0 Å². The normalized spacial score (nSPS) is 17.1. The van der Waals surface area contributed by atoms with Crippen LogP contribution in [0.15, 0.2) is 24.3 Å². The summed E-state index contributed by atoms with van der Waals surface area (Å²) in [4.78, 5) is 27.4. The minimum absolute atomic E-state index is 0.176. The van der Waals surface area contributed by atoms with Crippen LogP contribution in [0.2, 0.25) is 0 Å². The lowest BCUT2D eigenvalue weighted by atomic mass is 10.0. The van der Waals surface area contributed by atoms with Gasteiger partial charge >= 0.3 is 0 Å². The van der Waals surface area contributed by atoms with E-state index < -0.39 is 14.6 Å². The van der Waals surface area contributed by atoms with E-state index in [-0.39, 0.29) is 30.6 Å². The average Bonchev–Trinajstić information content (AvgIpc) is 3.45. The van der Waals surface area contributed by atoms with E-state index in [0.717, 1.165) is 5.56 Å². The molecule has 1 fully saturated rings. The summed E-state index contributed by atoms with van der Waals surface area (Å²) in [7, 11) is -1.63. The second-order valence-electron chi connectivity index (χ2n) is 8.22. The Morgan fingerprint density at radius 1 is 1.29 bits per heavy atom. The summed E-state index contributed by atoms with van der Waals surface area (Å²) in [5.74, 6) is -0.672. The summed E-state index contributed by atoms with van der Waals surface area (Å²) in [6.07, 6.45) is 2.79. The van der Waals surface area contributed by atoms with Crippen molar-refractivity contribution in [1.29, 1.82) is 5.26 Å². The highest BCUT2D eigenvalue weighted by atomic mass is 32.2. The maximum atomic E-state index is 13.1. The maximum absolute atomic E-state index is 13.1. The van der Waals surface area contributed by atoms with E-state index in [9.17, 15) is 18.0 Å². The lowest BCUT2D eigenvalue weighted by Crippen LogP contribution is -2.46. The van der Waals surface area contributed by atoms with Gasteiger partial charge in [0, 0.05) is 38.5 Å². The average molecular weight is 442 g/mol. The Kier molecular flexibility index (Phi) is 5.09. The monoisotopic (exact) mass is 441 g/mol. The van der Waals surface area contributed by atoms with Crippen LogP contribution in [0.1, 0.15) is 50.5 Å². The molecular formula is C21H23N5O4S. The summed E-state index contributed by atoms with van der Waals surface area (Å²) < 4.78 is 24.8. The number of nitriles is 1. The number of aryl methyl sites for hydroxylation is 1. The van der Waals surface area contributed by atoms with Crippen LogP contribution in [-0.4, -0.2) is 59.0 Å². The Bertz CT molecular complexity index is 1200. The van der Waals surface area contributed by atoms with Crippen molar-refractivity contribution in [2.24, 2.45) is 7.05 Å². The van der Waals surface area contributed by atoms with Crippen LogP contribution in [0, 0.1) is 11.3 Å². The highest BCUT2D eigenvalue weighted by Gasteiger charge is 2.54. The number of hydrogen-bond acceptors (Lipinski definition) is 6. The number of aromatic nitrogens is 2. The number of carbonyl (C=O) groups is 2. The third-order valence-electron chi connectivity index (χ3n) is 6.09. The van der Waals surface area contributed by atoms with Gasteiger partial charge in [0.2, 0.25) is 0 Å². The van der Waals surface area contributed by atoms with Crippen LogP contribution in [0.4, 0.5) is 0 Å². The van der Waals surface area contributed by atoms with Crippen molar-refractivity contribution in [3.05, 3.63) is 52.3 Å². The number of fused-ring (bicyclic) bond motifs is 1. The molecule has 0 atom stereocenters. The molecule has 1 aliphatic carbocycles. The molecule has 2 amide bonds. The topological polar surface area (TPSA) is 125 Å². The van der Waals surface area contributed by atoms with Crippen molar-refractivity contribution in [3.63, 3.8) is 0 Å². The molecule has 2 heterocycles. The van der Waals surface area contributed by atoms with Crippen molar-refractivity contribution in [2.45, 2.75) is 30.6 Å². The minimum Gasteiger partial charge on any atom is -0.347 e. The zero-order valence-corrected chi connectivity index (χ0v) is 18.2. The fourth-order valence-electron chi connectivity index (χ4n) is 4.00. The molecule has 0 saturated heterocycles. The standard InChI is InChI=1S/C21H23N5O4S/c1-25-18-16(7-10-26(20(18)28)13-21(8-9-21)31(2,29)30)17(24-25)19(27)23-12-15-5-3-14(11-22)4-6-15/h3-6H,7-10,12-13H2,1-2H3,(H,23,27). The fourth-order valence-corrected chi connectivity index (χ4v) is 5.23. The lowest BCUT2D eigenvalue weighted by Gasteiger charge is -2.30. The molecule has 1 saturated carbocycles. The van der Waals surface area contributed by atoms with Crippen LogP contribution >= 0.6 is 0 Å². The molecule has 1 aromatic heterocycles. The fraction of sp³-hybridized carbons (Fsp3) is 0.429. The van der Waals surface area contributed by atoms with Crippen LogP contribution in [-0.2, 0) is 29.9 Å². The Balaban J connectivity index is 1.49. The number of nitrogens with zero attached hydrogens (tertiary/aromatic N) is 4. The molecule has 2 aliphatic rings. The van der Waals surface area contributed by atoms with E-state index in [0.29, 0.717) is 42.6 Å². The molecular weight excluding hydrogens is 418 g/mol. The molecule has 0 spiro atoms. The van der Waals surface area contributed by atoms with Gasteiger partial charge < -0.3 is 10.2 Å². The summed E-state index contributed by atoms with van der Waals surface area (Å²) in [5.41, 5.74) is 2.52. The van der Waals surface area contributed by atoms with Crippen molar-refractivity contribution >= 4 is 21.7 Å². The van der Waals surface area contributed by atoms with E-state index >= 15 is 0 Å². The van der Waals surface area contributed by atoms with Gasteiger partial charge in [0.15, 0.2) is 15.5 Å². The van der Waals surface area contributed by atoms with Gasteiger partial charge in [0.1, 0.15) is 5.69 Å². The summed E-state index contributed by atoms with van der Waals surface area (Å²) in [5, 5.41) is 15.9. The summed E-state index contributed by atoms with van der Waals surface area (Å²) >= 11 is 0. The maximum Gasteiger partial charge on any atom is 0.272 e. The number of hydrogen-bond donors (Lipinski definition) is 1. The molecule has 0 unspecified atom stereocenters. The molecule has 2 aromatic rings. The highest BCUT2D eigenvalue weighted by Crippen LogP contribution is 2.44. The number of nitrogens with one attached hydrogen (secondary N) is 1. The largest absolute Gasteiger partial charge is 0.347 e. The third kappa shape index (κ3) is 3.81. The number of amides is 2. The number of benzene rings is 1. The second-order valence-corrected chi connectivity index (χ2v) is 10.6. The number of sulfone groups is 1. The molecule has 1 N–H and O–H groups in total. The summed E-state index contributed by atoms with van der Waals surface area (Å²) in [6, 6.07) is 8.94. The van der Waals surface area contributed by atoms with Gasteiger partial charge in [-0.3, -0.25) is 14.3 Å². The van der Waals surface area contributed by atoms with E-state index in [1.54, 1.807) is 36.2 Å². The first kappa shape index (κ1) is 21.1. The third-order valence-corrected chi connectivity index (χ3v) is 8.20. The molecule has 9 nitrogen and oxygen atoms in total. The van der Waals surface area contributed by atoms with Gasteiger partial charge in [-0.1, -0.05) is 12.1 Å². The van der Waals surface area contributed by atoms with E-state index in [2.05, 4.69) is 10.4 Å². The first-order valence-electron chi connectivity index (χ1n) is 9.97. The van der Waals surface area contributed by atoms with Gasteiger partial charge in [-0.05, 0) is 37.0 Å². The molecule has 1 aliphatic heterocycles. The Hall–Kier alpha value is -3.19. The number of rotatable bonds is 6. The van der Waals surface area contributed by atoms with E-state index in [1.807, 2.05) is 6.07 Å². The second kappa shape index (κ2) is 7.50. The smallest absolute Gasteiger partial charge is 0.272 e. The van der Waals surface area contributed by atoms with Gasteiger partial charge in [-0.25, -0.2) is 8.42 Å². The zero-order chi connectivity index (χ0) is 22.4. The molecule has 4 rings (SSSR count). The van der Waals surface area contributed by atoms with Crippen molar-refractivity contribution < 1.29 is 18.0 Å². The minimum atomic E-state index is -3.25. The van der Waals surface area contributed by atoms with Crippen LogP contribution in [0.5, 0.6) is 0 Å². The van der Waals surface area contributed by atoms with Gasteiger partial charge in [0.05, 0.1) is 16.4 Å². The van der Waals surface area contributed by atoms with Crippen molar-refractivity contribution in [3.8, 4) is 6.07 Å². The van der Waals surface area contributed by atoms with Gasteiger partial charge in [-0.2, -0.15) is 10.4 Å². The molecule has 10 heteroatoms. The Morgan fingerprint density at radius 3 is 2.55 bits per heavy atom. The molecule has 162 valence electrons. The first-order valence-corrected chi connectivity index (χ1v) is 11.9. The van der Waals surface area contributed by atoms with Crippen molar-refractivity contribution in [2.75, 3.05) is 19.3 Å². The Morgan fingerprint density at radius 2 is 1.97 bits per heavy atom. The quantitative estimate of drug-likeness (QED) is 0.707. The van der Waals surface area contributed by atoms with Gasteiger partial charge in [-0.15, -0.1) is 0 Å². The molecule has 31 heavy (non-hydrogen) atoms. The predicted molar refractivity (Wildman–Crippen MR) is 112 cm³/mol. The van der Waals surface area contributed by atoms with E-state index in [1.165, 1.54) is 10.9 Å². The van der Waals surface area contributed by atoms with Crippen LogP contribution in [0.25, 0.3) is 0 Å². The SMILES string of the molecule is Cn1nc(C(=O)NCc2ccc(C#N)cc2)c2c1C(=O)N(CC1(S(C)(=O)=O)CC1)CC2. The lowest BCUT2D eigenvalue weighted by molar-refractivity contribution is 0.0724. The summed E-state index contributed by atoms with van der Waals surface area (Å²) in [6.45, 7) is 0.799. The predicted octanol–water partition coefficient (Wildman–Crippen LogP) is 0.797. The van der Waals surface area contributed by atoms with Crippen LogP contribution in [0.3, 0.4) is 0 Å². The molecule has 0 radical (unpaired) electrons.